The first kappa shape index (κ1) is 11.7. The molecule has 0 aliphatic carbocycles. The van der Waals surface area contributed by atoms with Crippen molar-refractivity contribution in [3.05, 3.63) is 72.6 Å². The maximum Gasteiger partial charge on any atom is 0.0346 e. The number of hydrogen-bond donors (Lipinski definition) is 1. The van der Waals surface area contributed by atoms with Crippen LogP contribution in [0.15, 0.2) is 67.0 Å². The summed E-state index contributed by atoms with van der Waals surface area (Å²) in [5.41, 5.74) is 2.48. The molecule has 2 nitrogen and oxygen atoms in total. The number of rotatable bonds is 4. The van der Waals surface area contributed by atoms with Crippen LogP contribution in [0.3, 0.4) is 0 Å². The van der Waals surface area contributed by atoms with Crippen molar-refractivity contribution in [1.29, 1.82) is 0 Å². The number of nitrogens with one attached hydrogen (secondary N) is 1. The van der Waals surface area contributed by atoms with E-state index in [-0.39, 0.29) is 0 Å². The van der Waals surface area contributed by atoms with Gasteiger partial charge in [0.25, 0.3) is 0 Å². The zero-order valence-electron chi connectivity index (χ0n) is 10.7. The minimum Gasteiger partial charge on any atom is -0.385 e. The number of hydrogen-bond acceptors (Lipinski definition) is 2. The molecule has 3 aromatic rings. The second-order valence-electron chi connectivity index (χ2n) is 4.59. The van der Waals surface area contributed by atoms with Gasteiger partial charge in [0.2, 0.25) is 0 Å². The Kier molecular flexibility index (Phi) is 3.41. The monoisotopic (exact) mass is 248 g/mol. The molecule has 0 aliphatic rings. The molecule has 0 atom stereocenters. The Bertz CT molecular complexity index is 662. The molecule has 0 spiro atoms. The highest BCUT2D eigenvalue weighted by molar-refractivity contribution is 5.85. The highest BCUT2D eigenvalue weighted by Crippen LogP contribution is 2.18. The topological polar surface area (TPSA) is 24.9 Å². The van der Waals surface area contributed by atoms with E-state index in [1.54, 1.807) is 0 Å². The molecule has 0 aliphatic heterocycles. The van der Waals surface area contributed by atoms with Crippen molar-refractivity contribution in [2.45, 2.75) is 6.42 Å². The molecule has 19 heavy (non-hydrogen) atoms. The predicted octanol–water partition coefficient (Wildman–Crippen LogP) is 3.89. The van der Waals surface area contributed by atoms with Gasteiger partial charge in [0.1, 0.15) is 0 Å². The van der Waals surface area contributed by atoms with Crippen molar-refractivity contribution in [1.82, 2.24) is 4.98 Å². The molecule has 1 aromatic heterocycles. The number of aromatic nitrogens is 1. The van der Waals surface area contributed by atoms with Gasteiger partial charge in [-0.2, -0.15) is 0 Å². The zero-order valence-corrected chi connectivity index (χ0v) is 10.7. The van der Waals surface area contributed by atoms with Crippen LogP contribution in [0.4, 0.5) is 5.69 Å². The summed E-state index contributed by atoms with van der Waals surface area (Å²) >= 11 is 0. The van der Waals surface area contributed by atoms with Crippen molar-refractivity contribution < 1.29 is 0 Å². The van der Waals surface area contributed by atoms with Gasteiger partial charge in [-0.15, -0.1) is 0 Å². The molecule has 2 aromatic carbocycles. The van der Waals surface area contributed by atoms with E-state index >= 15 is 0 Å². The number of fused-ring (bicyclic) bond motifs is 1. The summed E-state index contributed by atoms with van der Waals surface area (Å²) in [7, 11) is 0. The van der Waals surface area contributed by atoms with E-state index in [1.807, 2.05) is 12.4 Å². The minimum absolute atomic E-state index is 0.933. The second-order valence-corrected chi connectivity index (χ2v) is 4.59. The SMILES string of the molecule is c1ccc2cc(NCCc3ccncc3)ccc2c1. The van der Waals surface area contributed by atoms with E-state index in [4.69, 9.17) is 0 Å². The molecule has 0 amide bonds. The standard InChI is InChI=1S/C17H16N2/c1-2-4-16-13-17(6-5-15(16)3-1)19-12-9-14-7-10-18-11-8-14/h1-8,10-11,13,19H,9,12H2. The molecule has 2 heteroatoms. The number of pyridine rings is 1. The van der Waals surface area contributed by atoms with E-state index in [0.717, 1.165) is 13.0 Å². The Balaban J connectivity index is 1.65. The van der Waals surface area contributed by atoms with Gasteiger partial charge in [-0.05, 0) is 47.0 Å². The molecule has 0 fully saturated rings. The van der Waals surface area contributed by atoms with Crippen LogP contribution in [0.2, 0.25) is 0 Å². The Morgan fingerprint density at radius 2 is 1.63 bits per heavy atom. The lowest BCUT2D eigenvalue weighted by molar-refractivity contribution is 1.01. The molecular weight excluding hydrogens is 232 g/mol. The van der Waals surface area contributed by atoms with Crippen molar-refractivity contribution in [3.63, 3.8) is 0 Å². The van der Waals surface area contributed by atoms with Crippen LogP contribution in [0.25, 0.3) is 10.8 Å². The van der Waals surface area contributed by atoms with Gasteiger partial charge in [-0.25, -0.2) is 0 Å². The lowest BCUT2D eigenvalue weighted by Crippen LogP contribution is -2.04. The normalized spacial score (nSPS) is 10.5. The maximum absolute atomic E-state index is 4.03. The van der Waals surface area contributed by atoms with Gasteiger partial charge in [0, 0.05) is 24.6 Å². The lowest BCUT2D eigenvalue weighted by Gasteiger charge is -2.07. The third-order valence-electron chi connectivity index (χ3n) is 3.24. The first-order valence-corrected chi connectivity index (χ1v) is 6.53. The van der Waals surface area contributed by atoms with Crippen molar-refractivity contribution >= 4 is 16.5 Å². The first-order chi connectivity index (χ1) is 9.42. The summed E-state index contributed by atoms with van der Waals surface area (Å²) in [6.07, 6.45) is 4.69. The Labute approximate surface area is 113 Å². The molecule has 0 saturated carbocycles. The minimum atomic E-state index is 0.933. The van der Waals surface area contributed by atoms with Crippen LogP contribution in [0.5, 0.6) is 0 Å². The van der Waals surface area contributed by atoms with Crippen LogP contribution in [0, 0.1) is 0 Å². The molecule has 0 unspecified atom stereocenters. The Morgan fingerprint density at radius 1 is 0.842 bits per heavy atom. The molecule has 94 valence electrons. The summed E-state index contributed by atoms with van der Waals surface area (Å²) in [4.78, 5) is 4.03. The molecule has 3 rings (SSSR count). The smallest absolute Gasteiger partial charge is 0.0346 e. The van der Waals surface area contributed by atoms with Crippen LogP contribution >= 0.6 is 0 Å². The van der Waals surface area contributed by atoms with Crippen LogP contribution in [-0.2, 0) is 6.42 Å². The molecule has 0 saturated heterocycles. The van der Waals surface area contributed by atoms with E-state index in [1.165, 1.54) is 22.0 Å². The van der Waals surface area contributed by atoms with E-state index in [9.17, 15) is 0 Å². The fourth-order valence-electron chi connectivity index (χ4n) is 2.20. The van der Waals surface area contributed by atoms with E-state index in [2.05, 4.69) is 64.9 Å². The summed E-state index contributed by atoms with van der Waals surface area (Å²) in [6, 6.07) is 19.0. The third kappa shape index (κ3) is 2.91. The van der Waals surface area contributed by atoms with Gasteiger partial charge >= 0.3 is 0 Å². The third-order valence-corrected chi connectivity index (χ3v) is 3.24. The van der Waals surface area contributed by atoms with Gasteiger partial charge in [-0.3, -0.25) is 4.98 Å². The van der Waals surface area contributed by atoms with Crippen molar-refractivity contribution in [2.24, 2.45) is 0 Å². The van der Waals surface area contributed by atoms with Gasteiger partial charge < -0.3 is 5.32 Å². The van der Waals surface area contributed by atoms with Crippen molar-refractivity contribution in [2.75, 3.05) is 11.9 Å². The Hall–Kier alpha value is -2.35. The quantitative estimate of drug-likeness (QED) is 0.757. The fourth-order valence-corrected chi connectivity index (χ4v) is 2.20. The predicted molar refractivity (Wildman–Crippen MR) is 80.4 cm³/mol. The maximum atomic E-state index is 4.03. The van der Waals surface area contributed by atoms with Gasteiger partial charge in [-0.1, -0.05) is 30.3 Å². The van der Waals surface area contributed by atoms with Gasteiger partial charge in [0.15, 0.2) is 0 Å². The highest BCUT2D eigenvalue weighted by atomic mass is 14.9. The van der Waals surface area contributed by atoms with Gasteiger partial charge in [0.05, 0.1) is 0 Å². The Morgan fingerprint density at radius 3 is 2.47 bits per heavy atom. The lowest BCUT2D eigenvalue weighted by atomic mass is 10.1. The molecule has 1 N–H and O–H groups in total. The van der Waals surface area contributed by atoms with E-state index in [0.29, 0.717) is 0 Å². The number of nitrogens with zero attached hydrogens (tertiary/aromatic N) is 1. The molecule has 0 bridgehead atoms. The number of anilines is 1. The first-order valence-electron chi connectivity index (χ1n) is 6.53. The highest BCUT2D eigenvalue weighted by Gasteiger charge is 1.96. The van der Waals surface area contributed by atoms with Crippen molar-refractivity contribution in [3.8, 4) is 0 Å². The second kappa shape index (κ2) is 5.53. The molecule has 0 radical (unpaired) electrons. The van der Waals surface area contributed by atoms with E-state index < -0.39 is 0 Å². The van der Waals surface area contributed by atoms with Crippen LogP contribution in [-0.4, -0.2) is 11.5 Å². The summed E-state index contributed by atoms with van der Waals surface area (Å²) in [5.74, 6) is 0. The molecule has 1 heterocycles. The molecular formula is C17H16N2. The largest absolute Gasteiger partial charge is 0.385 e. The summed E-state index contributed by atoms with van der Waals surface area (Å²) < 4.78 is 0. The summed E-state index contributed by atoms with van der Waals surface area (Å²) in [6.45, 7) is 0.933. The van der Waals surface area contributed by atoms with Crippen LogP contribution < -0.4 is 5.32 Å². The average molecular weight is 248 g/mol. The average Bonchev–Trinajstić information content (AvgIpc) is 2.48. The zero-order chi connectivity index (χ0) is 12.9. The fraction of sp³-hybridized carbons (Fsp3) is 0.118. The summed E-state index contributed by atoms with van der Waals surface area (Å²) in [5, 5.41) is 6.02. The van der Waals surface area contributed by atoms with Crippen LogP contribution in [0.1, 0.15) is 5.56 Å². The number of benzene rings is 2.